The number of rotatable bonds is 2. The Kier molecular flexibility index (Phi) is 3.24. The minimum Gasteiger partial charge on any atom is -0.311 e. The third-order valence-electron chi connectivity index (χ3n) is 3.36. The summed E-state index contributed by atoms with van der Waals surface area (Å²) in [6.07, 6.45) is 1.04. The molecule has 0 amide bonds. The molecule has 1 fully saturated rings. The van der Waals surface area contributed by atoms with Crippen LogP contribution in [0.2, 0.25) is 0 Å². The van der Waals surface area contributed by atoms with Crippen molar-refractivity contribution in [1.82, 2.24) is 5.32 Å². The quantitative estimate of drug-likeness (QED) is 0.816. The lowest BCUT2D eigenvalue weighted by atomic mass is 9.86. The van der Waals surface area contributed by atoms with E-state index in [-0.39, 0.29) is 6.54 Å². The van der Waals surface area contributed by atoms with E-state index in [0.29, 0.717) is 19.4 Å². The van der Waals surface area contributed by atoms with Gasteiger partial charge in [-0.3, -0.25) is 0 Å². The monoisotopic (exact) mass is 225 g/mol. The van der Waals surface area contributed by atoms with Gasteiger partial charge >= 0.3 is 0 Å². The van der Waals surface area contributed by atoms with Gasteiger partial charge < -0.3 is 5.32 Å². The fraction of sp³-hybridized carbons (Fsp3) is 0.538. The Balaban J connectivity index is 2.12. The second-order valence-corrected chi connectivity index (χ2v) is 4.55. The maximum atomic E-state index is 13.6. The van der Waals surface area contributed by atoms with E-state index >= 15 is 0 Å². The van der Waals surface area contributed by atoms with E-state index in [9.17, 15) is 8.78 Å². The SMILES string of the molecule is Cc1ccccc1CC1CCNCC1(F)F. The van der Waals surface area contributed by atoms with Gasteiger partial charge in [0.1, 0.15) is 0 Å². The fourth-order valence-electron chi connectivity index (χ4n) is 2.24. The molecule has 1 aliphatic rings. The number of hydrogen-bond donors (Lipinski definition) is 1. The number of piperidine rings is 1. The Labute approximate surface area is 94.9 Å². The van der Waals surface area contributed by atoms with Crippen molar-refractivity contribution in [3.63, 3.8) is 0 Å². The van der Waals surface area contributed by atoms with E-state index in [1.165, 1.54) is 0 Å². The smallest absolute Gasteiger partial charge is 0.263 e. The molecule has 0 saturated carbocycles. The van der Waals surface area contributed by atoms with Crippen LogP contribution >= 0.6 is 0 Å². The summed E-state index contributed by atoms with van der Waals surface area (Å²) in [5, 5.41) is 2.76. The molecule has 0 spiro atoms. The van der Waals surface area contributed by atoms with Crippen LogP contribution in [0.3, 0.4) is 0 Å². The predicted molar refractivity (Wildman–Crippen MR) is 60.8 cm³/mol. The Morgan fingerprint density at radius 1 is 1.38 bits per heavy atom. The molecule has 88 valence electrons. The zero-order valence-electron chi connectivity index (χ0n) is 9.47. The lowest BCUT2D eigenvalue weighted by Crippen LogP contribution is -2.46. The van der Waals surface area contributed by atoms with Crippen LogP contribution in [0.5, 0.6) is 0 Å². The third-order valence-corrected chi connectivity index (χ3v) is 3.36. The van der Waals surface area contributed by atoms with Crippen molar-refractivity contribution in [2.45, 2.75) is 25.7 Å². The fourth-order valence-corrected chi connectivity index (χ4v) is 2.24. The molecule has 16 heavy (non-hydrogen) atoms. The Morgan fingerprint density at radius 2 is 2.12 bits per heavy atom. The predicted octanol–water partition coefficient (Wildman–Crippen LogP) is 2.78. The molecular formula is C13H17F2N. The summed E-state index contributed by atoms with van der Waals surface area (Å²) in [6, 6.07) is 7.79. The average molecular weight is 225 g/mol. The summed E-state index contributed by atoms with van der Waals surface area (Å²) in [5.41, 5.74) is 2.16. The van der Waals surface area contributed by atoms with Crippen LogP contribution in [0.15, 0.2) is 24.3 Å². The highest BCUT2D eigenvalue weighted by Crippen LogP contribution is 2.32. The van der Waals surface area contributed by atoms with E-state index in [4.69, 9.17) is 0 Å². The molecule has 1 N–H and O–H groups in total. The molecule has 3 heteroatoms. The molecule has 1 aromatic rings. The van der Waals surface area contributed by atoms with Crippen LogP contribution in [-0.2, 0) is 6.42 Å². The standard InChI is InChI=1S/C13H17F2N/c1-10-4-2-3-5-11(10)8-12-6-7-16-9-13(12,14)15/h2-5,12,16H,6-9H2,1H3. The van der Waals surface area contributed by atoms with Crippen LogP contribution in [0.4, 0.5) is 8.78 Å². The minimum absolute atomic E-state index is 0.177. The van der Waals surface area contributed by atoms with Crippen LogP contribution in [0.25, 0.3) is 0 Å². The van der Waals surface area contributed by atoms with Gasteiger partial charge in [-0.15, -0.1) is 0 Å². The number of nitrogens with one attached hydrogen (secondary N) is 1. The molecule has 1 atom stereocenters. The summed E-state index contributed by atoms with van der Waals surface area (Å²) in [5.74, 6) is -3.09. The lowest BCUT2D eigenvalue weighted by Gasteiger charge is -2.32. The first kappa shape index (κ1) is 11.5. The zero-order chi connectivity index (χ0) is 11.6. The summed E-state index contributed by atoms with van der Waals surface area (Å²) in [4.78, 5) is 0. The van der Waals surface area contributed by atoms with Gasteiger partial charge in [-0.25, -0.2) is 8.78 Å². The molecule has 1 aromatic carbocycles. The van der Waals surface area contributed by atoms with E-state index in [1.807, 2.05) is 31.2 Å². The Morgan fingerprint density at radius 3 is 2.81 bits per heavy atom. The maximum absolute atomic E-state index is 13.6. The van der Waals surface area contributed by atoms with Crippen LogP contribution < -0.4 is 5.32 Å². The summed E-state index contributed by atoms with van der Waals surface area (Å²) < 4.78 is 27.2. The van der Waals surface area contributed by atoms with Gasteiger partial charge in [-0.05, 0) is 37.4 Å². The largest absolute Gasteiger partial charge is 0.311 e. The van der Waals surface area contributed by atoms with Gasteiger partial charge in [0.25, 0.3) is 5.92 Å². The van der Waals surface area contributed by atoms with Gasteiger partial charge in [0, 0.05) is 5.92 Å². The topological polar surface area (TPSA) is 12.0 Å². The van der Waals surface area contributed by atoms with Crippen molar-refractivity contribution in [3.8, 4) is 0 Å². The van der Waals surface area contributed by atoms with E-state index in [2.05, 4.69) is 5.32 Å². The Hall–Kier alpha value is -0.960. The second kappa shape index (κ2) is 4.50. The molecule has 1 aliphatic heterocycles. The number of benzene rings is 1. The summed E-state index contributed by atoms with van der Waals surface area (Å²) in [7, 11) is 0. The minimum atomic E-state index is -2.57. The first-order chi connectivity index (χ1) is 7.59. The zero-order valence-corrected chi connectivity index (χ0v) is 9.47. The number of halogens is 2. The van der Waals surface area contributed by atoms with E-state index in [0.717, 1.165) is 11.1 Å². The molecule has 1 unspecified atom stereocenters. The summed E-state index contributed by atoms with van der Waals surface area (Å²) >= 11 is 0. The molecule has 0 bridgehead atoms. The van der Waals surface area contributed by atoms with Crippen LogP contribution in [0, 0.1) is 12.8 Å². The van der Waals surface area contributed by atoms with Gasteiger partial charge in [0.15, 0.2) is 0 Å². The Bertz CT molecular complexity index is 363. The van der Waals surface area contributed by atoms with Crippen molar-refractivity contribution in [1.29, 1.82) is 0 Å². The van der Waals surface area contributed by atoms with Crippen LogP contribution in [0.1, 0.15) is 17.5 Å². The molecule has 1 nitrogen and oxygen atoms in total. The number of alkyl halides is 2. The highest BCUT2D eigenvalue weighted by molar-refractivity contribution is 5.26. The van der Waals surface area contributed by atoms with Crippen LogP contribution in [-0.4, -0.2) is 19.0 Å². The highest BCUT2D eigenvalue weighted by atomic mass is 19.3. The molecule has 0 radical (unpaired) electrons. The van der Waals surface area contributed by atoms with Crippen molar-refractivity contribution in [3.05, 3.63) is 35.4 Å². The highest BCUT2D eigenvalue weighted by Gasteiger charge is 2.41. The normalized spacial score (nSPS) is 24.3. The molecule has 2 rings (SSSR count). The number of aryl methyl sites for hydroxylation is 1. The summed E-state index contributed by atoms with van der Waals surface area (Å²) in [6.45, 7) is 2.50. The van der Waals surface area contributed by atoms with Gasteiger partial charge in [0.2, 0.25) is 0 Å². The number of hydrogen-bond acceptors (Lipinski definition) is 1. The molecule has 1 saturated heterocycles. The second-order valence-electron chi connectivity index (χ2n) is 4.55. The molecule has 1 heterocycles. The van der Waals surface area contributed by atoms with Crippen molar-refractivity contribution >= 4 is 0 Å². The first-order valence-electron chi connectivity index (χ1n) is 5.72. The van der Waals surface area contributed by atoms with Gasteiger partial charge in [-0.1, -0.05) is 24.3 Å². The van der Waals surface area contributed by atoms with Crippen molar-refractivity contribution in [2.75, 3.05) is 13.1 Å². The molecular weight excluding hydrogens is 208 g/mol. The maximum Gasteiger partial charge on any atom is 0.263 e. The molecule has 0 aromatic heterocycles. The van der Waals surface area contributed by atoms with E-state index in [1.54, 1.807) is 0 Å². The lowest BCUT2D eigenvalue weighted by molar-refractivity contribution is -0.0728. The van der Waals surface area contributed by atoms with Crippen molar-refractivity contribution in [2.24, 2.45) is 5.92 Å². The first-order valence-corrected chi connectivity index (χ1v) is 5.72. The van der Waals surface area contributed by atoms with Gasteiger partial charge in [0.05, 0.1) is 6.54 Å². The average Bonchev–Trinajstić information content (AvgIpc) is 2.24. The van der Waals surface area contributed by atoms with E-state index < -0.39 is 11.8 Å². The molecule has 0 aliphatic carbocycles. The van der Waals surface area contributed by atoms with Gasteiger partial charge in [-0.2, -0.15) is 0 Å². The van der Waals surface area contributed by atoms with Crippen molar-refractivity contribution < 1.29 is 8.78 Å². The third kappa shape index (κ3) is 2.40.